The van der Waals surface area contributed by atoms with Crippen LogP contribution in [0.2, 0.25) is 0 Å². The van der Waals surface area contributed by atoms with Crippen molar-refractivity contribution in [3.05, 3.63) is 29.8 Å². The summed E-state index contributed by atoms with van der Waals surface area (Å²) in [6.07, 6.45) is 1.49. The second kappa shape index (κ2) is 8.96. The van der Waals surface area contributed by atoms with Gasteiger partial charge in [0.15, 0.2) is 0 Å². The Balaban J connectivity index is 1.94. The Kier molecular flexibility index (Phi) is 6.68. The van der Waals surface area contributed by atoms with Crippen molar-refractivity contribution in [1.82, 2.24) is 9.80 Å². The summed E-state index contributed by atoms with van der Waals surface area (Å²) in [6.45, 7) is 5.86. The molecule has 1 aliphatic rings. The molecular formula is C18H25N5O2. The molecule has 0 spiro atoms. The molecule has 1 saturated heterocycles. The summed E-state index contributed by atoms with van der Waals surface area (Å²) < 4.78 is 0. The van der Waals surface area contributed by atoms with Crippen molar-refractivity contribution in [2.24, 2.45) is 9.98 Å². The lowest BCUT2D eigenvalue weighted by Gasteiger charge is -2.32. The van der Waals surface area contributed by atoms with Crippen LogP contribution < -0.4 is 5.32 Å². The maximum Gasteiger partial charge on any atom is 0.242 e. The maximum atomic E-state index is 12.0. The van der Waals surface area contributed by atoms with Gasteiger partial charge in [0.1, 0.15) is 0 Å². The summed E-state index contributed by atoms with van der Waals surface area (Å²) >= 11 is 0. The number of hydrogen-bond donors (Lipinski definition) is 1. The van der Waals surface area contributed by atoms with Crippen LogP contribution >= 0.6 is 0 Å². The van der Waals surface area contributed by atoms with Crippen LogP contribution in [0.5, 0.6) is 0 Å². The van der Waals surface area contributed by atoms with Crippen molar-refractivity contribution >= 4 is 29.7 Å². The predicted octanol–water partition coefficient (Wildman–Crippen LogP) is 1.41. The monoisotopic (exact) mass is 343 g/mol. The third-order valence-corrected chi connectivity index (χ3v) is 3.89. The largest absolute Gasteiger partial charge is 0.339 e. The summed E-state index contributed by atoms with van der Waals surface area (Å²) in [5.74, 6) is 0.568. The lowest BCUT2D eigenvalue weighted by atomic mass is 10.1. The van der Waals surface area contributed by atoms with Gasteiger partial charge < -0.3 is 15.1 Å². The number of carbonyl (C=O) groups is 2. The Morgan fingerprint density at radius 3 is 2.76 bits per heavy atom. The molecule has 2 amide bonds. The van der Waals surface area contributed by atoms with Gasteiger partial charge in [-0.1, -0.05) is 12.1 Å². The molecule has 1 N–H and O–H groups in total. The number of carbonyl (C=O) groups excluding carboxylic acids is 2. The second-order valence-electron chi connectivity index (χ2n) is 6.14. The van der Waals surface area contributed by atoms with Gasteiger partial charge in [-0.25, -0.2) is 4.99 Å². The standard InChI is InChI=1S/C18H25N5O2/c1-14(2)20-18(19-3)21-16-6-4-5-15(11-16)7-8-23-10-9-22(13-24)12-17(23)25/h4-6,11,13H,7-10,12H2,1-3H3,(H,19,21). The van der Waals surface area contributed by atoms with Gasteiger partial charge in [0.25, 0.3) is 0 Å². The highest BCUT2D eigenvalue weighted by Crippen LogP contribution is 2.13. The average molecular weight is 343 g/mol. The van der Waals surface area contributed by atoms with E-state index < -0.39 is 0 Å². The molecular weight excluding hydrogens is 318 g/mol. The highest BCUT2D eigenvalue weighted by atomic mass is 16.2. The van der Waals surface area contributed by atoms with Crippen LogP contribution in [0.15, 0.2) is 34.3 Å². The fourth-order valence-electron chi connectivity index (χ4n) is 2.60. The van der Waals surface area contributed by atoms with E-state index in [1.165, 1.54) is 4.90 Å². The molecule has 0 bridgehead atoms. The molecule has 1 fully saturated rings. The number of hydrogen-bond acceptors (Lipinski definition) is 3. The molecule has 7 heteroatoms. The van der Waals surface area contributed by atoms with E-state index in [2.05, 4.69) is 15.3 Å². The van der Waals surface area contributed by atoms with E-state index in [1.807, 2.05) is 43.0 Å². The Hall–Kier alpha value is -2.70. The van der Waals surface area contributed by atoms with Crippen molar-refractivity contribution in [2.45, 2.75) is 20.3 Å². The van der Waals surface area contributed by atoms with Crippen LogP contribution in [0.3, 0.4) is 0 Å². The molecule has 0 aromatic heterocycles. The number of rotatable bonds is 5. The third kappa shape index (κ3) is 5.70. The number of aliphatic imine (C=N–C) groups is 2. The topological polar surface area (TPSA) is 77.4 Å². The highest BCUT2D eigenvalue weighted by Gasteiger charge is 2.22. The van der Waals surface area contributed by atoms with E-state index in [1.54, 1.807) is 7.05 Å². The van der Waals surface area contributed by atoms with Gasteiger partial charge in [0.2, 0.25) is 18.3 Å². The average Bonchev–Trinajstić information content (AvgIpc) is 2.60. The molecule has 1 heterocycles. The lowest BCUT2D eigenvalue weighted by molar-refractivity contribution is -0.140. The Bertz CT molecular complexity index is 680. The minimum absolute atomic E-state index is 0.000732. The van der Waals surface area contributed by atoms with Crippen molar-refractivity contribution < 1.29 is 9.59 Å². The summed E-state index contributed by atoms with van der Waals surface area (Å²) in [5.41, 5.74) is 2.97. The first-order valence-electron chi connectivity index (χ1n) is 8.33. The quantitative estimate of drug-likeness (QED) is 0.499. The number of nitrogens with one attached hydrogen (secondary N) is 1. The van der Waals surface area contributed by atoms with Crippen LogP contribution in [0.4, 0.5) is 5.69 Å². The van der Waals surface area contributed by atoms with E-state index in [0.29, 0.717) is 25.6 Å². The van der Waals surface area contributed by atoms with Crippen LogP contribution in [-0.2, 0) is 16.0 Å². The second-order valence-corrected chi connectivity index (χ2v) is 6.14. The summed E-state index contributed by atoms with van der Waals surface area (Å²) in [7, 11) is 1.70. The molecule has 0 aliphatic carbocycles. The molecule has 0 saturated carbocycles. The maximum absolute atomic E-state index is 12.0. The van der Waals surface area contributed by atoms with E-state index in [4.69, 9.17) is 0 Å². The first kappa shape index (κ1) is 18.6. The predicted molar refractivity (Wildman–Crippen MR) is 100 cm³/mol. The molecule has 1 aromatic rings. The van der Waals surface area contributed by atoms with Crippen LogP contribution in [-0.4, -0.2) is 67.0 Å². The van der Waals surface area contributed by atoms with Crippen molar-refractivity contribution in [1.29, 1.82) is 0 Å². The first-order valence-corrected chi connectivity index (χ1v) is 8.33. The normalized spacial score (nSPS) is 15.2. The Morgan fingerprint density at radius 1 is 1.32 bits per heavy atom. The van der Waals surface area contributed by atoms with Gasteiger partial charge in [-0.05, 0) is 38.0 Å². The van der Waals surface area contributed by atoms with Gasteiger partial charge >= 0.3 is 0 Å². The number of anilines is 1. The van der Waals surface area contributed by atoms with Gasteiger partial charge in [-0.3, -0.25) is 14.6 Å². The fraction of sp³-hybridized carbons (Fsp3) is 0.444. The zero-order valence-corrected chi connectivity index (χ0v) is 15.0. The van der Waals surface area contributed by atoms with E-state index in [9.17, 15) is 9.59 Å². The summed E-state index contributed by atoms with van der Waals surface area (Å²) in [5, 5.41) is 3.20. The zero-order chi connectivity index (χ0) is 18.2. The summed E-state index contributed by atoms with van der Waals surface area (Å²) in [4.78, 5) is 34.5. The third-order valence-electron chi connectivity index (χ3n) is 3.89. The van der Waals surface area contributed by atoms with E-state index in [-0.39, 0.29) is 12.5 Å². The van der Waals surface area contributed by atoms with Crippen LogP contribution in [0.25, 0.3) is 0 Å². The first-order chi connectivity index (χ1) is 12.0. The molecule has 1 aromatic carbocycles. The van der Waals surface area contributed by atoms with Gasteiger partial charge in [0.05, 0.1) is 6.54 Å². The lowest BCUT2D eigenvalue weighted by Crippen LogP contribution is -2.50. The van der Waals surface area contributed by atoms with Crippen LogP contribution in [0.1, 0.15) is 19.4 Å². The molecule has 25 heavy (non-hydrogen) atoms. The molecule has 0 unspecified atom stereocenters. The minimum Gasteiger partial charge on any atom is -0.339 e. The highest BCUT2D eigenvalue weighted by molar-refractivity contribution is 6.02. The smallest absolute Gasteiger partial charge is 0.242 e. The van der Waals surface area contributed by atoms with Gasteiger partial charge in [0, 0.05) is 38.1 Å². The molecule has 1 aliphatic heterocycles. The number of amides is 2. The number of guanidine groups is 1. The molecule has 7 nitrogen and oxygen atoms in total. The Morgan fingerprint density at radius 2 is 2.12 bits per heavy atom. The summed E-state index contributed by atoms with van der Waals surface area (Å²) in [6, 6.07) is 8.01. The van der Waals surface area contributed by atoms with Crippen molar-refractivity contribution in [2.75, 3.05) is 38.5 Å². The SMILES string of the molecule is CN=C(N=C(C)C)Nc1cccc(CCN2CCN(C=O)CC2=O)c1. The van der Waals surface area contributed by atoms with Gasteiger partial charge in [-0.2, -0.15) is 0 Å². The van der Waals surface area contributed by atoms with Crippen molar-refractivity contribution in [3.8, 4) is 0 Å². The number of benzene rings is 1. The molecule has 0 radical (unpaired) electrons. The van der Waals surface area contributed by atoms with Crippen LogP contribution in [0, 0.1) is 0 Å². The molecule has 2 rings (SSSR count). The van der Waals surface area contributed by atoms with Gasteiger partial charge in [-0.15, -0.1) is 0 Å². The number of piperazine rings is 1. The van der Waals surface area contributed by atoms with Crippen molar-refractivity contribution in [3.63, 3.8) is 0 Å². The zero-order valence-electron chi connectivity index (χ0n) is 15.0. The molecule has 134 valence electrons. The minimum atomic E-state index is 0.000732. The molecule has 0 atom stereocenters. The number of nitrogens with zero attached hydrogens (tertiary/aromatic N) is 4. The fourth-order valence-corrected chi connectivity index (χ4v) is 2.60. The van der Waals surface area contributed by atoms with E-state index >= 15 is 0 Å². The van der Waals surface area contributed by atoms with E-state index in [0.717, 1.165) is 29.8 Å². The Labute approximate surface area is 148 Å².